The quantitative estimate of drug-likeness (QED) is 0.811. The number of rotatable bonds is 4. The number of esters is 1. The summed E-state index contributed by atoms with van der Waals surface area (Å²) in [5, 5.41) is 10.6. The van der Waals surface area contributed by atoms with Gasteiger partial charge >= 0.3 is 12.1 Å². The molecule has 2 aromatic rings. The zero-order valence-electron chi connectivity index (χ0n) is 12.0. The SMILES string of the molecule is CCOC(=O)C(O)(Cc1ccc2cc(Br)ccc2n1)C(F)(F)F. The normalized spacial score (nSPS) is 14.5. The van der Waals surface area contributed by atoms with Gasteiger partial charge in [-0.05, 0) is 31.2 Å². The number of hydrogen-bond donors (Lipinski definition) is 1. The minimum absolute atomic E-state index is 0.0623. The van der Waals surface area contributed by atoms with E-state index in [-0.39, 0.29) is 12.3 Å². The van der Waals surface area contributed by atoms with E-state index in [1.54, 1.807) is 24.3 Å². The number of fused-ring (bicyclic) bond motifs is 1. The van der Waals surface area contributed by atoms with E-state index in [0.29, 0.717) is 5.52 Å². The molecule has 0 aliphatic heterocycles. The van der Waals surface area contributed by atoms with Crippen LogP contribution in [0.3, 0.4) is 0 Å². The molecule has 124 valence electrons. The van der Waals surface area contributed by atoms with Gasteiger partial charge < -0.3 is 9.84 Å². The Balaban J connectivity index is 2.40. The van der Waals surface area contributed by atoms with Crippen molar-refractivity contribution < 1.29 is 27.8 Å². The lowest BCUT2D eigenvalue weighted by atomic mass is 9.96. The standard InChI is InChI=1S/C15H13BrF3NO3/c1-2-23-13(21)14(22,15(17,18)19)8-11-5-3-9-7-10(16)4-6-12(9)20-11/h3-7,22H,2,8H2,1H3. The number of aliphatic hydroxyl groups is 1. The number of ether oxygens (including phenoxy) is 1. The van der Waals surface area contributed by atoms with Crippen molar-refractivity contribution in [3.8, 4) is 0 Å². The Hall–Kier alpha value is -1.67. The molecule has 0 saturated heterocycles. The van der Waals surface area contributed by atoms with Crippen LogP contribution < -0.4 is 0 Å². The summed E-state index contributed by atoms with van der Waals surface area (Å²) in [7, 11) is 0. The highest BCUT2D eigenvalue weighted by Crippen LogP contribution is 2.34. The van der Waals surface area contributed by atoms with Crippen LogP contribution in [0.4, 0.5) is 13.2 Å². The summed E-state index contributed by atoms with van der Waals surface area (Å²) in [6.45, 7) is 1.09. The number of nitrogens with zero attached hydrogens (tertiary/aromatic N) is 1. The van der Waals surface area contributed by atoms with Gasteiger partial charge in [0.25, 0.3) is 5.60 Å². The van der Waals surface area contributed by atoms with Crippen LogP contribution in [0.2, 0.25) is 0 Å². The fraction of sp³-hybridized carbons (Fsp3) is 0.333. The molecule has 23 heavy (non-hydrogen) atoms. The highest BCUT2D eigenvalue weighted by Gasteiger charge is 2.61. The summed E-state index contributed by atoms with van der Waals surface area (Å²) in [4.78, 5) is 15.7. The lowest BCUT2D eigenvalue weighted by Gasteiger charge is -2.27. The van der Waals surface area contributed by atoms with Gasteiger partial charge in [0.15, 0.2) is 0 Å². The van der Waals surface area contributed by atoms with Crippen LogP contribution in [0.15, 0.2) is 34.8 Å². The average Bonchev–Trinajstić information content (AvgIpc) is 2.46. The Morgan fingerprint density at radius 1 is 1.30 bits per heavy atom. The predicted molar refractivity (Wildman–Crippen MR) is 80.8 cm³/mol. The molecule has 1 unspecified atom stereocenters. The maximum Gasteiger partial charge on any atom is 0.428 e. The zero-order chi connectivity index (χ0) is 17.3. The average molecular weight is 392 g/mol. The molecule has 0 bridgehead atoms. The van der Waals surface area contributed by atoms with Crippen LogP contribution in [0.25, 0.3) is 10.9 Å². The first-order valence-electron chi connectivity index (χ1n) is 6.69. The molecule has 1 atom stereocenters. The maximum absolute atomic E-state index is 13.1. The Bertz CT molecular complexity index is 735. The van der Waals surface area contributed by atoms with Gasteiger partial charge in [-0.15, -0.1) is 0 Å². The Labute approximate surface area is 138 Å². The number of aromatic nitrogens is 1. The number of carbonyl (C=O) groups excluding carboxylic acids is 1. The highest BCUT2D eigenvalue weighted by atomic mass is 79.9. The van der Waals surface area contributed by atoms with Gasteiger partial charge in [-0.3, -0.25) is 4.98 Å². The first-order valence-corrected chi connectivity index (χ1v) is 7.48. The van der Waals surface area contributed by atoms with Gasteiger partial charge in [-0.1, -0.05) is 22.0 Å². The van der Waals surface area contributed by atoms with Crippen molar-refractivity contribution in [2.24, 2.45) is 0 Å². The zero-order valence-corrected chi connectivity index (χ0v) is 13.6. The van der Waals surface area contributed by atoms with E-state index >= 15 is 0 Å². The summed E-state index contributed by atoms with van der Waals surface area (Å²) >= 11 is 3.28. The molecule has 1 aromatic carbocycles. The first kappa shape index (κ1) is 17.7. The van der Waals surface area contributed by atoms with Gasteiger partial charge in [0.05, 0.1) is 12.1 Å². The number of hydrogen-bond acceptors (Lipinski definition) is 4. The summed E-state index contributed by atoms with van der Waals surface area (Å²) in [6, 6.07) is 7.99. The molecule has 0 radical (unpaired) electrons. The van der Waals surface area contributed by atoms with E-state index in [2.05, 4.69) is 25.7 Å². The van der Waals surface area contributed by atoms with E-state index in [9.17, 15) is 23.1 Å². The Morgan fingerprint density at radius 2 is 2.00 bits per heavy atom. The second-order valence-corrected chi connectivity index (χ2v) is 5.81. The van der Waals surface area contributed by atoms with Crippen molar-refractivity contribution in [1.82, 2.24) is 4.98 Å². The van der Waals surface area contributed by atoms with Crippen LogP contribution in [-0.4, -0.2) is 34.4 Å². The molecular formula is C15H13BrF3NO3. The highest BCUT2D eigenvalue weighted by molar-refractivity contribution is 9.10. The lowest BCUT2D eigenvalue weighted by Crippen LogP contribution is -2.54. The number of pyridine rings is 1. The summed E-state index contributed by atoms with van der Waals surface area (Å²) in [6.07, 6.45) is -6.18. The summed E-state index contributed by atoms with van der Waals surface area (Å²) in [5.41, 5.74) is -3.23. The third-order valence-corrected chi connectivity index (χ3v) is 3.72. The van der Waals surface area contributed by atoms with Crippen LogP contribution in [-0.2, 0) is 16.0 Å². The fourth-order valence-electron chi connectivity index (χ4n) is 2.04. The second kappa shape index (κ2) is 6.45. The minimum Gasteiger partial charge on any atom is -0.464 e. The molecule has 1 aromatic heterocycles. The molecular weight excluding hydrogens is 379 g/mol. The molecule has 0 aliphatic rings. The lowest BCUT2D eigenvalue weighted by molar-refractivity contribution is -0.262. The van der Waals surface area contributed by atoms with E-state index in [1.807, 2.05) is 0 Å². The van der Waals surface area contributed by atoms with Gasteiger partial charge in [-0.2, -0.15) is 13.2 Å². The van der Waals surface area contributed by atoms with Crippen molar-refractivity contribution in [3.63, 3.8) is 0 Å². The van der Waals surface area contributed by atoms with Crippen molar-refractivity contribution >= 4 is 32.8 Å². The van der Waals surface area contributed by atoms with Crippen molar-refractivity contribution in [3.05, 3.63) is 40.5 Å². The number of carbonyl (C=O) groups is 1. The van der Waals surface area contributed by atoms with E-state index in [4.69, 9.17) is 0 Å². The molecule has 1 heterocycles. The fourth-order valence-corrected chi connectivity index (χ4v) is 2.42. The molecule has 2 rings (SSSR count). The predicted octanol–water partition coefficient (Wildman–Crippen LogP) is 3.40. The molecule has 4 nitrogen and oxygen atoms in total. The van der Waals surface area contributed by atoms with Crippen molar-refractivity contribution in [2.45, 2.75) is 25.1 Å². The molecule has 8 heteroatoms. The molecule has 0 aliphatic carbocycles. The van der Waals surface area contributed by atoms with Crippen LogP contribution in [0.1, 0.15) is 12.6 Å². The monoisotopic (exact) mass is 391 g/mol. The van der Waals surface area contributed by atoms with E-state index in [0.717, 1.165) is 9.86 Å². The minimum atomic E-state index is -5.17. The molecule has 0 amide bonds. The van der Waals surface area contributed by atoms with Crippen LogP contribution >= 0.6 is 15.9 Å². The molecule has 1 N–H and O–H groups in total. The van der Waals surface area contributed by atoms with Crippen LogP contribution in [0.5, 0.6) is 0 Å². The van der Waals surface area contributed by atoms with Gasteiger partial charge in [-0.25, -0.2) is 4.79 Å². The third-order valence-electron chi connectivity index (χ3n) is 3.23. The maximum atomic E-state index is 13.1. The topological polar surface area (TPSA) is 59.4 Å². The molecule has 0 spiro atoms. The third kappa shape index (κ3) is 3.64. The van der Waals surface area contributed by atoms with E-state index < -0.39 is 24.2 Å². The van der Waals surface area contributed by atoms with E-state index in [1.165, 1.54) is 13.0 Å². The Morgan fingerprint density at radius 3 is 2.61 bits per heavy atom. The van der Waals surface area contributed by atoms with Gasteiger partial charge in [0, 0.05) is 22.0 Å². The number of alkyl halides is 3. The number of benzene rings is 1. The van der Waals surface area contributed by atoms with Crippen LogP contribution in [0, 0.1) is 0 Å². The van der Waals surface area contributed by atoms with Crippen molar-refractivity contribution in [2.75, 3.05) is 6.61 Å². The second-order valence-electron chi connectivity index (χ2n) is 4.89. The molecule has 0 saturated carbocycles. The number of halogens is 4. The van der Waals surface area contributed by atoms with Gasteiger partial charge in [0.1, 0.15) is 0 Å². The van der Waals surface area contributed by atoms with Gasteiger partial charge in [0.2, 0.25) is 0 Å². The van der Waals surface area contributed by atoms with Crippen molar-refractivity contribution in [1.29, 1.82) is 0 Å². The summed E-state index contributed by atoms with van der Waals surface area (Å²) < 4.78 is 44.6. The summed E-state index contributed by atoms with van der Waals surface area (Å²) in [5.74, 6) is -1.73. The largest absolute Gasteiger partial charge is 0.464 e. The smallest absolute Gasteiger partial charge is 0.428 e. The first-order chi connectivity index (χ1) is 10.7. The Kier molecular flexibility index (Phi) is 4.95. The molecule has 0 fully saturated rings.